The number of hydrogen-bond acceptors (Lipinski definition) is 8. The molecule has 0 amide bonds. The summed E-state index contributed by atoms with van der Waals surface area (Å²) in [5.74, 6) is -2.26. The van der Waals surface area contributed by atoms with Crippen molar-refractivity contribution in [3.8, 4) is 0 Å². The van der Waals surface area contributed by atoms with Crippen LogP contribution in [-0.4, -0.2) is 82.3 Å². The second kappa shape index (κ2) is 61.6. The molecule has 0 heterocycles. The highest BCUT2D eigenvalue weighted by molar-refractivity contribution is 5.70. The summed E-state index contributed by atoms with van der Waals surface area (Å²) in [5, 5.41) is 11.8. The first-order valence-electron chi connectivity index (χ1n) is 34.1. The molecule has 464 valence electrons. The predicted molar refractivity (Wildman–Crippen MR) is 334 cm³/mol. The van der Waals surface area contributed by atoms with E-state index in [9.17, 15) is 19.5 Å². The SMILES string of the molecule is CCCCCCC/C=C\C/C=C\CCCCCCCCCCCCCC(=O)OC(COC(=O)CCCCCCCCCCCCCCCCCCCCC/C=C\CCCCCCCCCC)COC(OCC[N+](C)(C)C)C(=O)[O-]. The molecule has 0 aliphatic rings. The van der Waals surface area contributed by atoms with Gasteiger partial charge in [-0.25, -0.2) is 0 Å². The molecule has 0 aromatic heterocycles. The van der Waals surface area contributed by atoms with Crippen molar-refractivity contribution < 1.29 is 42.9 Å². The lowest BCUT2D eigenvalue weighted by Crippen LogP contribution is -2.44. The van der Waals surface area contributed by atoms with Gasteiger partial charge in [0.2, 0.25) is 0 Å². The highest BCUT2D eigenvalue weighted by Crippen LogP contribution is 2.18. The van der Waals surface area contributed by atoms with E-state index in [1.807, 2.05) is 21.1 Å². The van der Waals surface area contributed by atoms with Crippen molar-refractivity contribution in [3.05, 3.63) is 36.5 Å². The Kier molecular flexibility index (Phi) is 59.6. The van der Waals surface area contributed by atoms with Gasteiger partial charge < -0.3 is 33.3 Å². The van der Waals surface area contributed by atoms with E-state index in [0.717, 1.165) is 44.9 Å². The summed E-state index contributed by atoms with van der Waals surface area (Å²) < 4.78 is 22.8. The first kappa shape index (κ1) is 76.5. The van der Waals surface area contributed by atoms with Crippen molar-refractivity contribution in [2.75, 3.05) is 47.5 Å². The van der Waals surface area contributed by atoms with Crippen LogP contribution < -0.4 is 5.11 Å². The zero-order valence-electron chi connectivity index (χ0n) is 53.0. The number of ether oxygens (including phenoxy) is 4. The number of nitrogens with zero attached hydrogens (tertiary/aromatic N) is 1. The van der Waals surface area contributed by atoms with Gasteiger partial charge in [0.1, 0.15) is 13.2 Å². The molecule has 0 N–H and O–H groups in total. The maximum absolute atomic E-state index is 12.9. The minimum atomic E-state index is -1.62. The van der Waals surface area contributed by atoms with Crippen LogP contribution >= 0.6 is 0 Å². The number of rotatable bonds is 64. The highest BCUT2D eigenvalue weighted by atomic mass is 16.7. The van der Waals surface area contributed by atoms with Crippen LogP contribution in [0.5, 0.6) is 0 Å². The van der Waals surface area contributed by atoms with E-state index in [-0.39, 0.29) is 32.2 Å². The largest absolute Gasteiger partial charge is 0.545 e. The lowest BCUT2D eigenvalue weighted by molar-refractivity contribution is -0.870. The summed E-state index contributed by atoms with van der Waals surface area (Å²) in [4.78, 5) is 37.4. The van der Waals surface area contributed by atoms with Crippen molar-refractivity contribution in [1.29, 1.82) is 0 Å². The lowest BCUT2D eigenvalue weighted by Gasteiger charge is -2.26. The third-order valence-corrected chi connectivity index (χ3v) is 15.4. The molecule has 0 aromatic carbocycles. The zero-order valence-corrected chi connectivity index (χ0v) is 53.0. The van der Waals surface area contributed by atoms with Crippen LogP contribution in [0.1, 0.15) is 335 Å². The summed E-state index contributed by atoms with van der Waals surface area (Å²) in [6, 6.07) is 0. The molecule has 0 aromatic rings. The average molecular weight is 1110 g/mol. The van der Waals surface area contributed by atoms with Crippen LogP contribution in [0.15, 0.2) is 36.5 Å². The second-order valence-corrected chi connectivity index (χ2v) is 24.5. The molecule has 0 bridgehead atoms. The third kappa shape index (κ3) is 63.0. The van der Waals surface area contributed by atoms with Crippen LogP contribution in [-0.2, 0) is 33.3 Å². The van der Waals surface area contributed by atoms with Crippen molar-refractivity contribution in [2.24, 2.45) is 0 Å². The Labute approximate surface area is 490 Å². The number of allylic oxidation sites excluding steroid dienone is 6. The Hall–Kier alpha value is -2.49. The molecular formula is C70H131NO8. The van der Waals surface area contributed by atoms with Gasteiger partial charge in [-0.05, 0) is 70.6 Å². The summed E-state index contributed by atoms with van der Waals surface area (Å²) in [6.45, 7) is 4.79. The zero-order chi connectivity index (χ0) is 57.6. The monoisotopic (exact) mass is 1110 g/mol. The van der Waals surface area contributed by atoms with Crippen molar-refractivity contribution in [2.45, 2.75) is 347 Å². The molecule has 2 atom stereocenters. The van der Waals surface area contributed by atoms with E-state index in [1.165, 1.54) is 257 Å². The molecule has 0 spiro atoms. The Morgan fingerprint density at radius 2 is 0.684 bits per heavy atom. The molecule has 0 rings (SSSR count). The molecule has 9 heteroatoms. The standard InChI is InChI=1S/C70H131NO8/c1-6-8-10-12-14-16-18-20-22-24-26-28-30-31-32-33-34-35-36-37-39-40-42-44-46-48-50-52-54-56-58-60-67(72)77-64-66(65-78-70(69(74)75)76-63-62-71(3,4)5)79-68(73)61-59-57-55-53-51-49-47-45-43-41-38-29-27-25-23-21-19-17-15-13-11-9-7-2/h19,21,24-27,66,70H,6-18,20,22-23,28-65H2,1-5H3/b21-19-,26-24-,27-25-. The molecule has 9 nitrogen and oxygen atoms in total. The lowest BCUT2D eigenvalue weighted by atomic mass is 10.0. The quantitative estimate of drug-likeness (QED) is 0.0195. The van der Waals surface area contributed by atoms with Gasteiger partial charge >= 0.3 is 11.9 Å². The van der Waals surface area contributed by atoms with E-state index in [4.69, 9.17) is 18.9 Å². The van der Waals surface area contributed by atoms with E-state index in [2.05, 4.69) is 50.3 Å². The van der Waals surface area contributed by atoms with Gasteiger partial charge in [-0.3, -0.25) is 9.59 Å². The minimum absolute atomic E-state index is 0.149. The number of aliphatic carboxylic acids is 1. The number of carboxylic acids is 1. The van der Waals surface area contributed by atoms with Crippen molar-refractivity contribution >= 4 is 17.9 Å². The van der Waals surface area contributed by atoms with Gasteiger partial charge in [-0.15, -0.1) is 0 Å². The number of likely N-dealkylation sites (N-methyl/N-ethyl adjacent to an activating group) is 1. The molecule has 0 saturated carbocycles. The topological polar surface area (TPSA) is 111 Å². The summed E-state index contributed by atoms with van der Waals surface area (Å²) >= 11 is 0. The molecule has 0 aliphatic carbocycles. The fraction of sp³-hybridized carbons (Fsp3) is 0.871. The number of unbranched alkanes of at least 4 members (excludes halogenated alkanes) is 43. The van der Waals surface area contributed by atoms with Gasteiger partial charge in [-0.2, -0.15) is 0 Å². The fourth-order valence-corrected chi connectivity index (χ4v) is 10.1. The van der Waals surface area contributed by atoms with Gasteiger partial charge in [0, 0.05) is 12.8 Å². The van der Waals surface area contributed by atoms with Crippen molar-refractivity contribution in [1.82, 2.24) is 0 Å². The molecular weight excluding hydrogens is 983 g/mol. The maximum Gasteiger partial charge on any atom is 0.306 e. The molecule has 79 heavy (non-hydrogen) atoms. The predicted octanol–water partition coefficient (Wildman–Crippen LogP) is 19.5. The fourth-order valence-electron chi connectivity index (χ4n) is 10.1. The average Bonchev–Trinajstić information content (AvgIpc) is 3.42. The Morgan fingerprint density at radius 1 is 0.380 bits per heavy atom. The number of carbonyl (C=O) groups is 3. The van der Waals surface area contributed by atoms with Crippen LogP contribution in [0.2, 0.25) is 0 Å². The number of carbonyl (C=O) groups excluding carboxylic acids is 3. The first-order valence-corrected chi connectivity index (χ1v) is 34.1. The summed E-state index contributed by atoms with van der Waals surface area (Å²) in [7, 11) is 5.94. The van der Waals surface area contributed by atoms with E-state index in [0.29, 0.717) is 23.9 Å². The number of quaternary nitrogens is 1. The Morgan fingerprint density at radius 3 is 1.01 bits per heavy atom. The Bertz CT molecular complexity index is 1390. The van der Waals surface area contributed by atoms with Crippen molar-refractivity contribution in [3.63, 3.8) is 0 Å². The normalized spacial score (nSPS) is 12.9. The van der Waals surface area contributed by atoms with Crippen LogP contribution in [0, 0.1) is 0 Å². The first-order chi connectivity index (χ1) is 38.6. The van der Waals surface area contributed by atoms with Crippen LogP contribution in [0.3, 0.4) is 0 Å². The summed E-state index contributed by atoms with van der Waals surface area (Å²) in [5.41, 5.74) is 0. The smallest absolute Gasteiger partial charge is 0.306 e. The van der Waals surface area contributed by atoms with Crippen LogP contribution in [0.4, 0.5) is 0 Å². The van der Waals surface area contributed by atoms with Gasteiger partial charge in [0.25, 0.3) is 0 Å². The molecule has 0 aliphatic heterocycles. The van der Waals surface area contributed by atoms with E-state index < -0.39 is 24.3 Å². The molecule has 0 fully saturated rings. The van der Waals surface area contributed by atoms with Gasteiger partial charge in [0.15, 0.2) is 12.4 Å². The van der Waals surface area contributed by atoms with Crippen LogP contribution in [0.25, 0.3) is 0 Å². The minimum Gasteiger partial charge on any atom is -0.545 e. The Balaban J connectivity index is 4.08. The third-order valence-electron chi connectivity index (χ3n) is 15.4. The highest BCUT2D eigenvalue weighted by Gasteiger charge is 2.22. The van der Waals surface area contributed by atoms with E-state index >= 15 is 0 Å². The molecule has 2 unspecified atom stereocenters. The number of hydrogen-bond donors (Lipinski definition) is 0. The summed E-state index contributed by atoms with van der Waals surface area (Å²) in [6.07, 6.45) is 73.7. The number of carboxylic acid groups (broad SMARTS) is 1. The maximum atomic E-state index is 12.9. The van der Waals surface area contributed by atoms with Gasteiger partial charge in [0.05, 0.1) is 40.3 Å². The van der Waals surface area contributed by atoms with E-state index in [1.54, 1.807) is 0 Å². The van der Waals surface area contributed by atoms with Gasteiger partial charge in [-0.1, -0.05) is 288 Å². The molecule has 0 saturated heterocycles. The number of esters is 2. The second-order valence-electron chi connectivity index (χ2n) is 24.5. The molecule has 0 radical (unpaired) electrons.